The Labute approximate surface area is 104 Å². The highest BCUT2D eigenvalue weighted by Gasteiger charge is 2.10. The van der Waals surface area contributed by atoms with E-state index in [0.29, 0.717) is 18.9 Å². The molecule has 0 aliphatic rings. The molecule has 4 nitrogen and oxygen atoms in total. The lowest BCUT2D eigenvalue weighted by molar-refractivity contribution is -0.120. The van der Waals surface area contributed by atoms with Crippen molar-refractivity contribution in [2.45, 2.75) is 38.5 Å². The van der Waals surface area contributed by atoms with Crippen molar-refractivity contribution in [2.24, 2.45) is 0 Å². The van der Waals surface area contributed by atoms with Crippen LogP contribution in [0.15, 0.2) is 0 Å². The van der Waals surface area contributed by atoms with Crippen molar-refractivity contribution in [3.8, 4) is 0 Å². The molecule has 0 aliphatic heterocycles. The third-order valence-electron chi connectivity index (χ3n) is 1.98. The van der Waals surface area contributed by atoms with Gasteiger partial charge < -0.3 is 5.32 Å². The molecule has 0 radical (unpaired) electrons. The summed E-state index contributed by atoms with van der Waals surface area (Å²) in [5.41, 5.74) is 0. The molecule has 0 fully saturated rings. The van der Waals surface area contributed by atoms with Crippen LogP contribution in [0.1, 0.15) is 36.7 Å². The number of hydrogen-bond donors (Lipinski definition) is 1. The molecule has 1 unspecified atom stereocenters. The highest BCUT2D eigenvalue weighted by atomic mass is 35.5. The summed E-state index contributed by atoms with van der Waals surface area (Å²) in [4.78, 5) is 11.2. The fraction of sp³-hybridized carbons (Fsp3) is 0.700. The third kappa shape index (κ3) is 4.06. The Morgan fingerprint density at radius 2 is 2.12 bits per heavy atom. The second-order valence-electron chi connectivity index (χ2n) is 3.85. The zero-order valence-electron chi connectivity index (χ0n) is 9.66. The smallest absolute Gasteiger partial charge is 0.237 e. The molecule has 1 rings (SSSR count). The van der Waals surface area contributed by atoms with E-state index in [1.54, 1.807) is 18.3 Å². The Balaban J connectivity index is 2.35. The van der Waals surface area contributed by atoms with Crippen molar-refractivity contribution >= 4 is 28.8 Å². The quantitative estimate of drug-likeness (QED) is 0.825. The summed E-state index contributed by atoms with van der Waals surface area (Å²) in [6.07, 6.45) is 0.708. The number of amides is 1. The second-order valence-corrected chi connectivity index (χ2v) is 5.59. The Bertz CT molecular complexity index is 352. The molecule has 1 atom stereocenters. The first kappa shape index (κ1) is 13.4. The lowest BCUT2D eigenvalue weighted by Crippen LogP contribution is -2.31. The number of alkyl halides is 1. The molecule has 16 heavy (non-hydrogen) atoms. The number of carbonyl (C=O) groups excluding carboxylic acids is 1. The van der Waals surface area contributed by atoms with Crippen molar-refractivity contribution in [1.82, 2.24) is 15.5 Å². The highest BCUT2D eigenvalue weighted by molar-refractivity contribution is 7.11. The van der Waals surface area contributed by atoms with E-state index in [9.17, 15) is 4.79 Å². The lowest BCUT2D eigenvalue weighted by Gasteiger charge is -2.04. The molecule has 0 spiro atoms. The topological polar surface area (TPSA) is 54.9 Å². The molecule has 1 aromatic heterocycles. The van der Waals surface area contributed by atoms with Gasteiger partial charge in [-0.2, -0.15) is 0 Å². The second kappa shape index (κ2) is 6.15. The molecule has 1 aromatic rings. The molecule has 6 heteroatoms. The van der Waals surface area contributed by atoms with Crippen LogP contribution < -0.4 is 5.32 Å². The zero-order chi connectivity index (χ0) is 12.1. The van der Waals surface area contributed by atoms with Crippen LogP contribution in [0.5, 0.6) is 0 Å². The first-order valence-electron chi connectivity index (χ1n) is 5.24. The molecule has 0 aromatic carbocycles. The maximum absolute atomic E-state index is 11.2. The van der Waals surface area contributed by atoms with Crippen LogP contribution in [-0.2, 0) is 11.2 Å². The number of nitrogens with one attached hydrogen (secondary N) is 1. The van der Waals surface area contributed by atoms with Crippen LogP contribution >= 0.6 is 22.9 Å². The minimum Gasteiger partial charge on any atom is -0.354 e. The summed E-state index contributed by atoms with van der Waals surface area (Å²) in [6, 6.07) is 0. The molecule has 0 aliphatic carbocycles. The van der Waals surface area contributed by atoms with E-state index in [2.05, 4.69) is 29.4 Å². The van der Waals surface area contributed by atoms with Crippen LogP contribution in [0.2, 0.25) is 0 Å². The summed E-state index contributed by atoms with van der Waals surface area (Å²) in [5, 5.41) is 12.4. The molecule has 0 saturated heterocycles. The number of rotatable bonds is 5. The van der Waals surface area contributed by atoms with Crippen LogP contribution in [0.4, 0.5) is 0 Å². The molecular weight excluding hydrogens is 246 g/mol. The minimum absolute atomic E-state index is 0.143. The number of aromatic nitrogens is 2. The Morgan fingerprint density at radius 3 is 2.62 bits per heavy atom. The van der Waals surface area contributed by atoms with Crippen LogP contribution in [0.25, 0.3) is 0 Å². The first-order valence-corrected chi connectivity index (χ1v) is 6.50. The van der Waals surface area contributed by atoms with Crippen molar-refractivity contribution in [3.05, 3.63) is 10.0 Å². The van der Waals surface area contributed by atoms with Crippen LogP contribution in [0.3, 0.4) is 0 Å². The maximum Gasteiger partial charge on any atom is 0.237 e. The predicted octanol–water partition coefficient (Wildman–Crippen LogP) is 1.95. The number of carbonyl (C=O) groups is 1. The molecule has 0 saturated carbocycles. The molecule has 1 heterocycles. The molecule has 90 valence electrons. The Kier molecular flexibility index (Phi) is 5.15. The van der Waals surface area contributed by atoms with Gasteiger partial charge in [-0.3, -0.25) is 4.79 Å². The van der Waals surface area contributed by atoms with E-state index in [1.807, 2.05) is 0 Å². The van der Waals surface area contributed by atoms with Gasteiger partial charge in [0.15, 0.2) is 0 Å². The van der Waals surface area contributed by atoms with Gasteiger partial charge in [0, 0.05) is 18.9 Å². The van der Waals surface area contributed by atoms with Crippen molar-refractivity contribution < 1.29 is 4.79 Å². The molecular formula is C10H16ClN3OS. The summed E-state index contributed by atoms with van der Waals surface area (Å²) in [7, 11) is 0. The van der Waals surface area contributed by atoms with Gasteiger partial charge >= 0.3 is 0 Å². The SMILES string of the molecule is CC(Cl)C(=O)NCCc1nnc(C(C)C)s1. The van der Waals surface area contributed by atoms with E-state index in [1.165, 1.54) is 0 Å². The largest absolute Gasteiger partial charge is 0.354 e. The number of nitrogens with zero attached hydrogens (tertiary/aromatic N) is 2. The monoisotopic (exact) mass is 261 g/mol. The van der Waals surface area contributed by atoms with Crippen LogP contribution in [0, 0.1) is 0 Å². The fourth-order valence-corrected chi connectivity index (χ4v) is 1.96. The van der Waals surface area contributed by atoms with Crippen molar-refractivity contribution in [1.29, 1.82) is 0 Å². The maximum atomic E-state index is 11.2. The van der Waals surface area contributed by atoms with Gasteiger partial charge in [-0.15, -0.1) is 33.1 Å². The van der Waals surface area contributed by atoms with E-state index in [-0.39, 0.29) is 5.91 Å². The van der Waals surface area contributed by atoms with E-state index >= 15 is 0 Å². The molecule has 0 bridgehead atoms. The van der Waals surface area contributed by atoms with E-state index < -0.39 is 5.38 Å². The normalized spacial score (nSPS) is 12.8. The molecule has 1 N–H and O–H groups in total. The minimum atomic E-state index is -0.486. The average molecular weight is 262 g/mol. The summed E-state index contributed by atoms with van der Waals surface area (Å²) >= 11 is 7.21. The number of hydrogen-bond acceptors (Lipinski definition) is 4. The Morgan fingerprint density at radius 1 is 1.44 bits per heavy atom. The highest BCUT2D eigenvalue weighted by Crippen LogP contribution is 2.18. The van der Waals surface area contributed by atoms with E-state index in [0.717, 1.165) is 10.0 Å². The van der Waals surface area contributed by atoms with Crippen molar-refractivity contribution in [2.75, 3.05) is 6.54 Å². The van der Waals surface area contributed by atoms with E-state index in [4.69, 9.17) is 11.6 Å². The van der Waals surface area contributed by atoms with Gasteiger partial charge in [0.25, 0.3) is 0 Å². The summed E-state index contributed by atoms with van der Waals surface area (Å²) < 4.78 is 0. The van der Waals surface area contributed by atoms with Gasteiger partial charge in [0.2, 0.25) is 5.91 Å². The molecule has 1 amide bonds. The number of halogens is 1. The van der Waals surface area contributed by atoms with Crippen molar-refractivity contribution in [3.63, 3.8) is 0 Å². The van der Waals surface area contributed by atoms with Gasteiger partial charge in [-0.05, 0) is 6.92 Å². The third-order valence-corrected chi connectivity index (χ3v) is 3.46. The Hall–Kier alpha value is -0.680. The zero-order valence-corrected chi connectivity index (χ0v) is 11.2. The lowest BCUT2D eigenvalue weighted by atomic mass is 10.2. The average Bonchev–Trinajstić information content (AvgIpc) is 2.66. The first-order chi connectivity index (χ1) is 7.50. The van der Waals surface area contributed by atoms with Gasteiger partial charge in [-0.1, -0.05) is 13.8 Å². The standard InChI is InChI=1S/C10H16ClN3OS/c1-6(2)10-14-13-8(16-10)4-5-12-9(15)7(3)11/h6-7H,4-5H2,1-3H3,(H,12,15). The summed E-state index contributed by atoms with van der Waals surface area (Å²) in [5.74, 6) is 0.263. The van der Waals surface area contributed by atoms with Gasteiger partial charge in [0.05, 0.1) is 0 Å². The van der Waals surface area contributed by atoms with Gasteiger partial charge in [-0.25, -0.2) is 0 Å². The summed E-state index contributed by atoms with van der Waals surface area (Å²) in [6.45, 7) is 6.38. The fourth-order valence-electron chi connectivity index (χ4n) is 1.03. The van der Waals surface area contributed by atoms with Gasteiger partial charge in [0.1, 0.15) is 15.4 Å². The predicted molar refractivity (Wildman–Crippen MR) is 66.0 cm³/mol. The van der Waals surface area contributed by atoms with Crippen LogP contribution in [-0.4, -0.2) is 28.0 Å².